The number of carbonyl (C=O) groups is 2. The number of hydrogen-bond donors (Lipinski definition) is 0. The highest BCUT2D eigenvalue weighted by Crippen LogP contribution is 2.41. The van der Waals surface area contributed by atoms with Gasteiger partial charge in [0.25, 0.3) is 5.56 Å². The van der Waals surface area contributed by atoms with Crippen molar-refractivity contribution in [3.63, 3.8) is 0 Å². The maximum Gasteiger partial charge on any atom is 0.323 e. The van der Waals surface area contributed by atoms with E-state index in [1.165, 1.54) is 14.2 Å². The van der Waals surface area contributed by atoms with Crippen molar-refractivity contribution in [2.75, 3.05) is 14.2 Å². The molecule has 1 aromatic carbocycles. The van der Waals surface area contributed by atoms with Gasteiger partial charge in [0.1, 0.15) is 0 Å². The van der Waals surface area contributed by atoms with Gasteiger partial charge in [0.2, 0.25) is 0 Å². The number of esters is 2. The first-order chi connectivity index (χ1) is 12.8. The van der Waals surface area contributed by atoms with Crippen molar-refractivity contribution < 1.29 is 19.1 Å². The molecule has 0 bridgehead atoms. The van der Waals surface area contributed by atoms with E-state index in [0.717, 1.165) is 21.3 Å². The molecule has 0 fully saturated rings. The number of methoxy groups -OCH3 is 2. The summed E-state index contributed by atoms with van der Waals surface area (Å²) in [6, 6.07) is 7.40. The summed E-state index contributed by atoms with van der Waals surface area (Å²) in [5, 5.41) is 0. The molecule has 0 saturated heterocycles. The first-order valence-corrected chi connectivity index (χ1v) is 9.23. The number of aromatic nitrogens is 1. The lowest BCUT2D eigenvalue weighted by molar-refractivity contribution is -0.168. The highest BCUT2D eigenvalue weighted by Gasteiger charge is 2.53. The Labute approximate surface area is 165 Å². The van der Waals surface area contributed by atoms with Gasteiger partial charge < -0.3 is 9.47 Å². The second kappa shape index (κ2) is 6.96. The molecule has 1 heterocycles. The van der Waals surface area contributed by atoms with Crippen LogP contribution in [-0.4, -0.2) is 30.7 Å². The van der Waals surface area contributed by atoms with E-state index in [1.807, 2.05) is 31.2 Å². The molecule has 1 aliphatic carbocycles. The van der Waals surface area contributed by atoms with E-state index in [9.17, 15) is 14.4 Å². The van der Waals surface area contributed by atoms with Gasteiger partial charge in [-0.15, -0.1) is 0 Å². The van der Waals surface area contributed by atoms with Crippen molar-refractivity contribution in [1.29, 1.82) is 0 Å². The van der Waals surface area contributed by atoms with E-state index < -0.39 is 17.4 Å². The molecule has 0 N–H and O–H groups in total. The summed E-state index contributed by atoms with van der Waals surface area (Å²) >= 11 is 3.39. The molecule has 3 rings (SSSR count). The van der Waals surface area contributed by atoms with Crippen LogP contribution >= 0.6 is 15.9 Å². The zero-order valence-electron chi connectivity index (χ0n) is 15.6. The van der Waals surface area contributed by atoms with Crippen LogP contribution in [0, 0.1) is 19.3 Å². The summed E-state index contributed by atoms with van der Waals surface area (Å²) in [6.07, 6.45) is 0.246. The number of hydrogen-bond acceptors (Lipinski definition) is 5. The molecule has 7 heteroatoms. The smallest absolute Gasteiger partial charge is 0.323 e. The van der Waals surface area contributed by atoms with Crippen LogP contribution in [0.4, 0.5) is 0 Å². The van der Waals surface area contributed by atoms with E-state index in [0.29, 0.717) is 11.3 Å². The van der Waals surface area contributed by atoms with Crippen molar-refractivity contribution in [3.05, 3.63) is 61.5 Å². The zero-order valence-corrected chi connectivity index (χ0v) is 17.2. The Kier molecular flexibility index (Phi) is 4.99. The monoisotopic (exact) mass is 433 g/mol. The van der Waals surface area contributed by atoms with Gasteiger partial charge in [-0.3, -0.25) is 19.0 Å². The average molecular weight is 434 g/mol. The minimum absolute atomic E-state index is 0.102. The summed E-state index contributed by atoms with van der Waals surface area (Å²) in [6.45, 7) is 3.55. The molecule has 6 nitrogen and oxygen atoms in total. The molecule has 1 aromatic heterocycles. The van der Waals surface area contributed by atoms with Crippen LogP contribution in [0.5, 0.6) is 0 Å². The van der Waals surface area contributed by atoms with E-state index in [4.69, 9.17) is 9.47 Å². The Morgan fingerprint density at radius 2 is 1.52 bits per heavy atom. The minimum atomic E-state index is -1.45. The Bertz CT molecular complexity index is 975. The maximum atomic E-state index is 13.0. The Morgan fingerprint density at radius 1 is 1.00 bits per heavy atom. The van der Waals surface area contributed by atoms with Gasteiger partial charge >= 0.3 is 11.9 Å². The molecule has 0 atom stereocenters. The van der Waals surface area contributed by atoms with Crippen molar-refractivity contribution in [3.8, 4) is 5.69 Å². The van der Waals surface area contributed by atoms with Gasteiger partial charge in [-0.05, 0) is 49.2 Å². The topological polar surface area (TPSA) is 74.6 Å². The van der Waals surface area contributed by atoms with E-state index in [2.05, 4.69) is 15.9 Å². The highest BCUT2D eigenvalue weighted by molar-refractivity contribution is 9.10. The van der Waals surface area contributed by atoms with Gasteiger partial charge in [-0.25, -0.2) is 0 Å². The van der Waals surface area contributed by atoms with Gasteiger partial charge in [-0.1, -0.05) is 15.9 Å². The molecule has 27 heavy (non-hydrogen) atoms. The SMILES string of the molecule is COC(=O)C1(C(=O)OC)Cc2c(c(C)n(-c3ccc(Br)cc3)c(=O)c2C)C1. The average Bonchev–Trinajstić information content (AvgIpc) is 3.09. The number of halogens is 1. The van der Waals surface area contributed by atoms with Gasteiger partial charge in [0, 0.05) is 34.3 Å². The van der Waals surface area contributed by atoms with Crippen molar-refractivity contribution in [2.45, 2.75) is 26.7 Å². The first kappa shape index (κ1) is 19.4. The molecular formula is C20H20BrNO5. The number of rotatable bonds is 3. The molecule has 0 radical (unpaired) electrons. The maximum absolute atomic E-state index is 13.0. The number of carbonyl (C=O) groups excluding carboxylic acids is 2. The van der Waals surface area contributed by atoms with Crippen LogP contribution in [0.1, 0.15) is 22.4 Å². The summed E-state index contributed by atoms with van der Waals surface area (Å²) in [7, 11) is 2.49. The Balaban J connectivity index is 2.23. The van der Waals surface area contributed by atoms with Gasteiger partial charge in [0.15, 0.2) is 5.41 Å². The van der Waals surface area contributed by atoms with Crippen LogP contribution in [0.3, 0.4) is 0 Å². The Morgan fingerprint density at radius 3 is 2.04 bits per heavy atom. The van der Waals surface area contributed by atoms with Crippen LogP contribution < -0.4 is 5.56 Å². The summed E-state index contributed by atoms with van der Waals surface area (Å²) in [5.74, 6) is -1.29. The van der Waals surface area contributed by atoms with Crippen molar-refractivity contribution >= 4 is 27.9 Å². The molecule has 0 amide bonds. The molecular weight excluding hydrogens is 414 g/mol. The minimum Gasteiger partial charge on any atom is -0.468 e. The van der Waals surface area contributed by atoms with Gasteiger partial charge in [-0.2, -0.15) is 0 Å². The second-order valence-corrected chi connectivity index (χ2v) is 7.62. The Hall–Kier alpha value is -2.41. The number of nitrogens with zero attached hydrogens (tertiary/aromatic N) is 1. The fraction of sp³-hybridized carbons (Fsp3) is 0.350. The van der Waals surface area contributed by atoms with Gasteiger partial charge in [0.05, 0.1) is 14.2 Å². The predicted molar refractivity (Wildman–Crippen MR) is 103 cm³/mol. The second-order valence-electron chi connectivity index (χ2n) is 6.70. The number of benzene rings is 1. The molecule has 142 valence electrons. The number of ether oxygens (including phenoxy) is 2. The van der Waals surface area contributed by atoms with Crippen LogP contribution in [0.25, 0.3) is 5.69 Å². The third kappa shape index (κ3) is 2.90. The molecule has 0 aliphatic heterocycles. The summed E-state index contributed by atoms with van der Waals surface area (Å²) in [5.41, 5.74) is 1.87. The standard InChI is InChI=1S/C20H20BrNO5/c1-11-15-9-20(18(24)26-3,19(25)27-4)10-16(15)12(2)22(17(11)23)14-7-5-13(21)6-8-14/h5-8H,9-10H2,1-4H3. The number of pyridine rings is 1. The zero-order chi connectivity index (χ0) is 19.9. The first-order valence-electron chi connectivity index (χ1n) is 8.43. The van der Waals surface area contributed by atoms with Crippen LogP contribution in [0.2, 0.25) is 0 Å². The number of fused-ring (bicyclic) bond motifs is 1. The lowest BCUT2D eigenvalue weighted by Gasteiger charge is -2.22. The molecule has 0 saturated carbocycles. The third-order valence-electron chi connectivity index (χ3n) is 5.31. The predicted octanol–water partition coefficient (Wildman–Crippen LogP) is 2.65. The third-order valence-corrected chi connectivity index (χ3v) is 5.84. The highest BCUT2D eigenvalue weighted by atomic mass is 79.9. The van der Waals surface area contributed by atoms with E-state index >= 15 is 0 Å². The fourth-order valence-electron chi connectivity index (χ4n) is 3.83. The summed E-state index contributed by atoms with van der Waals surface area (Å²) in [4.78, 5) is 38.0. The van der Waals surface area contributed by atoms with Crippen molar-refractivity contribution in [2.24, 2.45) is 5.41 Å². The molecule has 1 aliphatic rings. The van der Waals surface area contributed by atoms with Crippen LogP contribution in [0.15, 0.2) is 33.5 Å². The summed E-state index contributed by atoms with van der Waals surface area (Å²) < 4.78 is 12.3. The molecule has 0 spiro atoms. The van der Waals surface area contributed by atoms with Crippen LogP contribution in [-0.2, 0) is 31.9 Å². The fourth-order valence-corrected chi connectivity index (χ4v) is 4.10. The molecule has 0 unspecified atom stereocenters. The van der Waals surface area contributed by atoms with E-state index in [-0.39, 0.29) is 18.4 Å². The lowest BCUT2D eigenvalue weighted by Crippen LogP contribution is -2.42. The normalized spacial score (nSPS) is 14.6. The molecule has 2 aromatic rings. The lowest BCUT2D eigenvalue weighted by atomic mass is 9.84. The van der Waals surface area contributed by atoms with E-state index in [1.54, 1.807) is 11.5 Å². The largest absolute Gasteiger partial charge is 0.468 e. The quantitative estimate of drug-likeness (QED) is 0.549. The van der Waals surface area contributed by atoms with Crippen molar-refractivity contribution in [1.82, 2.24) is 4.57 Å².